The molecule has 0 fully saturated rings. The third kappa shape index (κ3) is 4.64. The lowest BCUT2D eigenvalue weighted by Crippen LogP contribution is -2.19. The summed E-state index contributed by atoms with van der Waals surface area (Å²) in [4.78, 5) is 29.1. The van der Waals surface area contributed by atoms with Gasteiger partial charge in [0.25, 0.3) is 0 Å². The number of amides is 1. The molecule has 3 N–H and O–H groups in total. The summed E-state index contributed by atoms with van der Waals surface area (Å²) in [5.41, 5.74) is 7.94. The van der Waals surface area contributed by atoms with E-state index in [1.54, 1.807) is 31.0 Å². The van der Waals surface area contributed by atoms with Crippen molar-refractivity contribution in [2.45, 2.75) is 27.2 Å². The second kappa shape index (κ2) is 9.23. The minimum absolute atomic E-state index is 0.0351. The lowest BCUT2D eigenvalue weighted by Gasteiger charge is -2.17. The molecule has 0 atom stereocenters. The summed E-state index contributed by atoms with van der Waals surface area (Å²) in [5.74, 6) is -0.0351. The van der Waals surface area contributed by atoms with Gasteiger partial charge in [0.2, 0.25) is 5.91 Å². The third-order valence-electron chi connectivity index (χ3n) is 6.37. The maximum atomic E-state index is 12.4. The zero-order valence-electron chi connectivity index (χ0n) is 21.4. The van der Waals surface area contributed by atoms with E-state index in [9.17, 15) is 4.79 Å². The normalized spacial score (nSPS) is 11.8. The van der Waals surface area contributed by atoms with Gasteiger partial charge in [0.05, 0.1) is 17.6 Å². The van der Waals surface area contributed by atoms with Gasteiger partial charge in [-0.1, -0.05) is 32.9 Å². The first kappa shape index (κ1) is 23.5. The van der Waals surface area contributed by atoms with E-state index in [0.717, 1.165) is 49.9 Å². The van der Waals surface area contributed by atoms with Crippen molar-refractivity contribution in [3.63, 3.8) is 0 Å². The number of H-pyrrole nitrogens is 2. The van der Waals surface area contributed by atoms with E-state index < -0.39 is 0 Å². The van der Waals surface area contributed by atoms with Crippen molar-refractivity contribution < 1.29 is 4.79 Å². The minimum Gasteiger partial charge on any atom is -0.353 e. The third-order valence-corrected chi connectivity index (χ3v) is 6.37. The minimum atomic E-state index is -0.0938. The van der Waals surface area contributed by atoms with Crippen LogP contribution in [-0.4, -0.2) is 36.0 Å². The van der Waals surface area contributed by atoms with Crippen LogP contribution in [0.15, 0.2) is 79.5 Å². The van der Waals surface area contributed by atoms with Gasteiger partial charge >= 0.3 is 0 Å². The molecule has 8 nitrogen and oxygen atoms in total. The van der Waals surface area contributed by atoms with E-state index in [1.807, 2.05) is 51.1 Å². The molecule has 0 bridgehead atoms. The highest BCUT2D eigenvalue weighted by molar-refractivity contribution is 6.01. The Morgan fingerprint density at radius 3 is 2.53 bits per heavy atom. The van der Waals surface area contributed by atoms with Crippen molar-refractivity contribution >= 4 is 33.5 Å². The Balaban J connectivity index is 1.36. The molecule has 1 amide bonds. The van der Waals surface area contributed by atoms with Gasteiger partial charge in [-0.2, -0.15) is 5.10 Å². The molecule has 5 heterocycles. The first-order valence-corrected chi connectivity index (χ1v) is 12.5. The molecule has 1 aromatic carbocycles. The maximum absolute atomic E-state index is 12.4. The molecule has 188 valence electrons. The van der Waals surface area contributed by atoms with Crippen LogP contribution in [0.3, 0.4) is 0 Å². The summed E-state index contributed by atoms with van der Waals surface area (Å²) in [7, 11) is 0. The van der Waals surface area contributed by atoms with E-state index >= 15 is 0 Å². The quantitative estimate of drug-likeness (QED) is 0.246. The predicted octanol–water partition coefficient (Wildman–Crippen LogP) is 6.60. The maximum Gasteiger partial charge on any atom is 0.224 e. The van der Waals surface area contributed by atoms with Gasteiger partial charge < -0.3 is 10.3 Å². The van der Waals surface area contributed by atoms with Gasteiger partial charge in [0.15, 0.2) is 5.65 Å². The largest absolute Gasteiger partial charge is 0.353 e. The molecule has 0 aliphatic heterocycles. The summed E-state index contributed by atoms with van der Waals surface area (Å²) >= 11 is 0. The number of benzene rings is 1. The Morgan fingerprint density at radius 1 is 0.895 bits per heavy atom. The molecule has 0 radical (unpaired) electrons. The van der Waals surface area contributed by atoms with E-state index in [0.29, 0.717) is 17.8 Å². The fourth-order valence-corrected chi connectivity index (χ4v) is 4.69. The van der Waals surface area contributed by atoms with Gasteiger partial charge in [-0.3, -0.25) is 19.9 Å². The van der Waals surface area contributed by atoms with Crippen LogP contribution in [0.4, 0.5) is 5.69 Å². The van der Waals surface area contributed by atoms with Crippen molar-refractivity contribution in [2.75, 3.05) is 5.32 Å². The van der Waals surface area contributed by atoms with E-state index in [2.05, 4.69) is 53.6 Å². The van der Waals surface area contributed by atoms with Crippen molar-refractivity contribution in [3.8, 4) is 33.6 Å². The Morgan fingerprint density at radius 2 is 1.71 bits per heavy atom. The first-order valence-electron chi connectivity index (χ1n) is 12.5. The highest BCUT2D eigenvalue weighted by Crippen LogP contribution is 2.34. The zero-order valence-corrected chi connectivity index (χ0v) is 21.4. The number of aromatic amines is 2. The second-order valence-corrected chi connectivity index (χ2v) is 10.6. The van der Waals surface area contributed by atoms with E-state index in [4.69, 9.17) is 0 Å². The average molecular weight is 502 g/mol. The van der Waals surface area contributed by atoms with Crippen molar-refractivity contribution in [2.24, 2.45) is 5.41 Å². The Labute approximate surface area is 219 Å². The number of carbonyl (C=O) groups is 1. The molecule has 6 rings (SSSR count). The van der Waals surface area contributed by atoms with Crippen LogP contribution >= 0.6 is 0 Å². The standard InChI is InChI=1S/C30H27N7O/c1-30(2,3)14-27(38)34-21-11-19(15-32-17-21)20-12-24-28(36-37-29(24)33-16-20)26-13-23-22(5-4-6-25(23)35-26)18-7-9-31-10-8-18/h4-13,15-17,35H,14H2,1-3H3,(H,34,38)(H,33,36,37). The average Bonchev–Trinajstić information content (AvgIpc) is 3.51. The number of hydrogen-bond donors (Lipinski definition) is 3. The van der Waals surface area contributed by atoms with Gasteiger partial charge in [-0.25, -0.2) is 4.98 Å². The number of aromatic nitrogens is 6. The Bertz CT molecular complexity index is 1780. The lowest BCUT2D eigenvalue weighted by atomic mass is 9.92. The predicted molar refractivity (Wildman–Crippen MR) is 150 cm³/mol. The number of carbonyl (C=O) groups excluding carboxylic acids is 1. The number of anilines is 1. The van der Waals surface area contributed by atoms with Crippen LogP contribution in [0.1, 0.15) is 27.2 Å². The van der Waals surface area contributed by atoms with E-state index in [-0.39, 0.29) is 11.3 Å². The van der Waals surface area contributed by atoms with Crippen LogP contribution in [0.25, 0.3) is 55.6 Å². The molecule has 0 saturated carbocycles. The summed E-state index contributed by atoms with van der Waals surface area (Å²) in [5, 5.41) is 12.6. The molecule has 0 saturated heterocycles. The fourth-order valence-electron chi connectivity index (χ4n) is 4.69. The van der Waals surface area contributed by atoms with Crippen LogP contribution in [0, 0.1) is 5.41 Å². The molecule has 8 heteroatoms. The topological polar surface area (TPSA) is 112 Å². The van der Waals surface area contributed by atoms with Crippen molar-refractivity contribution in [1.29, 1.82) is 0 Å². The molecule has 0 aliphatic carbocycles. The van der Waals surface area contributed by atoms with Gasteiger partial charge in [0, 0.05) is 58.6 Å². The monoisotopic (exact) mass is 501 g/mol. The highest BCUT2D eigenvalue weighted by atomic mass is 16.1. The second-order valence-electron chi connectivity index (χ2n) is 10.6. The van der Waals surface area contributed by atoms with Crippen LogP contribution in [-0.2, 0) is 4.79 Å². The first-order chi connectivity index (χ1) is 18.3. The van der Waals surface area contributed by atoms with Gasteiger partial charge in [0.1, 0.15) is 5.69 Å². The Kier molecular flexibility index (Phi) is 5.72. The summed E-state index contributed by atoms with van der Waals surface area (Å²) in [6.45, 7) is 6.12. The lowest BCUT2D eigenvalue weighted by molar-refractivity contribution is -0.117. The number of nitrogens with zero attached hydrogens (tertiary/aromatic N) is 4. The number of rotatable bonds is 5. The van der Waals surface area contributed by atoms with Crippen molar-refractivity contribution in [3.05, 3.63) is 79.5 Å². The molecule has 0 aliphatic rings. The Hall–Kier alpha value is -4.85. The molecule has 38 heavy (non-hydrogen) atoms. The highest BCUT2D eigenvalue weighted by Gasteiger charge is 2.17. The van der Waals surface area contributed by atoms with Crippen LogP contribution in [0.5, 0.6) is 0 Å². The van der Waals surface area contributed by atoms with Crippen LogP contribution in [0.2, 0.25) is 0 Å². The SMILES string of the molecule is CC(C)(C)CC(=O)Nc1cncc(-c2cnc3[nH]nc(-c4cc5c(-c6ccncc6)cccc5[nH]4)c3c2)c1. The number of nitrogens with one attached hydrogen (secondary N) is 3. The van der Waals surface area contributed by atoms with Crippen LogP contribution < -0.4 is 5.32 Å². The molecular formula is C30H27N7O. The molecule has 5 aromatic heterocycles. The zero-order chi connectivity index (χ0) is 26.3. The number of hydrogen-bond acceptors (Lipinski definition) is 5. The fraction of sp³-hybridized carbons (Fsp3) is 0.167. The number of fused-ring (bicyclic) bond motifs is 2. The van der Waals surface area contributed by atoms with Crippen molar-refractivity contribution in [1.82, 2.24) is 30.1 Å². The van der Waals surface area contributed by atoms with E-state index in [1.165, 1.54) is 0 Å². The summed E-state index contributed by atoms with van der Waals surface area (Å²) in [6, 6.07) is 16.3. The summed E-state index contributed by atoms with van der Waals surface area (Å²) in [6.07, 6.45) is 9.24. The molecular weight excluding hydrogens is 474 g/mol. The number of pyridine rings is 3. The van der Waals surface area contributed by atoms with Gasteiger partial charge in [-0.15, -0.1) is 0 Å². The smallest absolute Gasteiger partial charge is 0.224 e. The molecule has 0 spiro atoms. The van der Waals surface area contributed by atoms with Gasteiger partial charge in [-0.05, 0) is 52.9 Å². The molecule has 6 aromatic rings. The summed E-state index contributed by atoms with van der Waals surface area (Å²) < 4.78 is 0. The molecule has 0 unspecified atom stereocenters.